The van der Waals surface area contributed by atoms with E-state index in [1.807, 2.05) is 13.8 Å². The van der Waals surface area contributed by atoms with Crippen molar-refractivity contribution < 1.29 is 15.0 Å². The van der Waals surface area contributed by atoms with Crippen LogP contribution in [0.3, 0.4) is 0 Å². The number of hydrogen-bond acceptors (Lipinski definition) is 3. The molecule has 1 rings (SSSR count). The summed E-state index contributed by atoms with van der Waals surface area (Å²) in [6.07, 6.45) is 0. The Labute approximate surface area is 94.9 Å². The van der Waals surface area contributed by atoms with E-state index < -0.39 is 5.97 Å². The van der Waals surface area contributed by atoms with Crippen molar-refractivity contribution in [3.8, 4) is 0 Å². The van der Waals surface area contributed by atoms with Gasteiger partial charge in [-0.15, -0.1) is 0 Å². The van der Waals surface area contributed by atoms with Crippen LogP contribution in [0.15, 0.2) is 24.3 Å². The maximum Gasteiger partial charge on any atom is 0.337 e. The van der Waals surface area contributed by atoms with Crippen molar-refractivity contribution in [2.75, 3.05) is 18.5 Å². The molecule has 0 atom stereocenters. The van der Waals surface area contributed by atoms with Crippen LogP contribution < -0.4 is 5.32 Å². The van der Waals surface area contributed by atoms with Gasteiger partial charge in [0.05, 0.1) is 5.56 Å². The molecule has 4 heteroatoms. The Hall–Kier alpha value is -1.55. The zero-order valence-electron chi connectivity index (χ0n) is 9.53. The van der Waals surface area contributed by atoms with E-state index >= 15 is 0 Å². The van der Waals surface area contributed by atoms with Crippen molar-refractivity contribution in [3.05, 3.63) is 29.8 Å². The Morgan fingerprint density at radius 1 is 1.38 bits per heavy atom. The second-order valence-corrected chi connectivity index (χ2v) is 4.53. The van der Waals surface area contributed by atoms with Gasteiger partial charge < -0.3 is 15.5 Å². The number of aromatic carboxylic acids is 1. The zero-order chi connectivity index (χ0) is 12.2. The molecule has 0 aliphatic rings. The van der Waals surface area contributed by atoms with Gasteiger partial charge in [-0.2, -0.15) is 0 Å². The minimum atomic E-state index is -0.954. The number of aliphatic hydroxyl groups excluding tert-OH is 1. The van der Waals surface area contributed by atoms with Gasteiger partial charge in [-0.05, 0) is 12.1 Å². The third kappa shape index (κ3) is 3.24. The molecule has 0 saturated carbocycles. The molecule has 0 heterocycles. The van der Waals surface area contributed by atoms with Crippen molar-refractivity contribution in [2.24, 2.45) is 5.41 Å². The van der Waals surface area contributed by atoms with Gasteiger partial charge in [-0.1, -0.05) is 26.0 Å². The second kappa shape index (κ2) is 4.99. The number of nitrogens with one attached hydrogen (secondary N) is 1. The highest BCUT2D eigenvalue weighted by Gasteiger charge is 2.17. The molecule has 0 spiro atoms. The van der Waals surface area contributed by atoms with Crippen LogP contribution in [0.4, 0.5) is 5.69 Å². The van der Waals surface area contributed by atoms with Gasteiger partial charge in [0.1, 0.15) is 0 Å². The molecular weight excluding hydrogens is 206 g/mol. The highest BCUT2D eigenvalue weighted by molar-refractivity contribution is 5.94. The lowest BCUT2D eigenvalue weighted by atomic mass is 9.95. The highest BCUT2D eigenvalue weighted by Crippen LogP contribution is 2.19. The minimum absolute atomic E-state index is 0.0508. The third-order valence-electron chi connectivity index (χ3n) is 2.34. The van der Waals surface area contributed by atoms with Crippen molar-refractivity contribution >= 4 is 11.7 Å². The van der Waals surface area contributed by atoms with Crippen LogP contribution >= 0.6 is 0 Å². The molecule has 0 aromatic heterocycles. The average molecular weight is 223 g/mol. The van der Waals surface area contributed by atoms with Gasteiger partial charge in [0.2, 0.25) is 0 Å². The lowest BCUT2D eigenvalue weighted by molar-refractivity contribution is 0.0698. The van der Waals surface area contributed by atoms with Crippen LogP contribution in [0.2, 0.25) is 0 Å². The topological polar surface area (TPSA) is 69.6 Å². The fourth-order valence-electron chi connectivity index (χ4n) is 1.21. The zero-order valence-corrected chi connectivity index (χ0v) is 9.53. The van der Waals surface area contributed by atoms with Crippen molar-refractivity contribution in [2.45, 2.75) is 13.8 Å². The first-order valence-corrected chi connectivity index (χ1v) is 5.13. The quantitative estimate of drug-likeness (QED) is 0.712. The highest BCUT2D eigenvalue weighted by atomic mass is 16.4. The number of carboxylic acids is 1. The number of rotatable bonds is 5. The molecule has 0 aliphatic heterocycles. The van der Waals surface area contributed by atoms with E-state index in [-0.39, 0.29) is 17.6 Å². The summed E-state index contributed by atoms with van der Waals surface area (Å²) in [5.74, 6) is -0.954. The predicted molar refractivity (Wildman–Crippen MR) is 62.8 cm³/mol. The van der Waals surface area contributed by atoms with E-state index in [2.05, 4.69) is 5.32 Å². The van der Waals surface area contributed by atoms with Gasteiger partial charge in [-0.25, -0.2) is 4.79 Å². The number of anilines is 1. The number of para-hydroxylation sites is 1. The molecular formula is C12H17NO3. The standard InChI is InChI=1S/C12H17NO3/c1-12(2,8-14)7-13-10-6-4-3-5-9(10)11(15)16/h3-6,13-14H,7-8H2,1-2H3,(H,15,16). The van der Waals surface area contributed by atoms with E-state index in [0.29, 0.717) is 12.2 Å². The van der Waals surface area contributed by atoms with E-state index in [1.165, 1.54) is 0 Å². The van der Waals surface area contributed by atoms with Crippen molar-refractivity contribution in [1.29, 1.82) is 0 Å². The largest absolute Gasteiger partial charge is 0.478 e. The summed E-state index contributed by atoms with van der Waals surface area (Å²) >= 11 is 0. The molecule has 88 valence electrons. The van der Waals surface area contributed by atoms with Crippen LogP contribution in [0, 0.1) is 5.41 Å². The van der Waals surface area contributed by atoms with Gasteiger partial charge >= 0.3 is 5.97 Å². The first-order valence-electron chi connectivity index (χ1n) is 5.13. The number of carbonyl (C=O) groups is 1. The first-order chi connectivity index (χ1) is 7.46. The smallest absolute Gasteiger partial charge is 0.337 e. The third-order valence-corrected chi connectivity index (χ3v) is 2.34. The molecule has 1 aromatic carbocycles. The number of hydrogen-bond donors (Lipinski definition) is 3. The van der Waals surface area contributed by atoms with Crippen LogP contribution in [-0.2, 0) is 0 Å². The lowest BCUT2D eigenvalue weighted by Gasteiger charge is -2.23. The summed E-state index contributed by atoms with van der Waals surface area (Å²) in [7, 11) is 0. The molecule has 0 fully saturated rings. The Morgan fingerprint density at radius 3 is 2.56 bits per heavy atom. The molecule has 0 aliphatic carbocycles. The predicted octanol–water partition coefficient (Wildman–Crippen LogP) is 1.82. The lowest BCUT2D eigenvalue weighted by Crippen LogP contribution is -2.27. The average Bonchev–Trinajstić information content (AvgIpc) is 2.27. The molecule has 16 heavy (non-hydrogen) atoms. The minimum Gasteiger partial charge on any atom is -0.478 e. The Morgan fingerprint density at radius 2 is 2.00 bits per heavy atom. The van der Waals surface area contributed by atoms with Gasteiger partial charge in [0.25, 0.3) is 0 Å². The van der Waals surface area contributed by atoms with E-state index in [1.54, 1.807) is 24.3 Å². The molecule has 0 unspecified atom stereocenters. The first kappa shape index (κ1) is 12.5. The summed E-state index contributed by atoms with van der Waals surface area (Å²) < 4.78 is 0. The molecule has 0 bridgehead atoms. The monoisotopic (exact) mass is 223 g/mol. The summed E-state index contributed by atoms with van der Waals surface area (Å²) in [6.45, 7) is 4.38. The number of benzene rings is 1. The van der Waals surface area contributed by atoms with Crippen molar-refractivity contribution in [1.82, 2.24) is 0 Å². The SMILES string of the molecule is CC(C)(CO)CNc1ccccc1C(=O)O. The molecule has 0 radical (unpaired) electrons. The molecule has 0 saturated heterocycles. The van der Waals surface area contributed by atoms with E-state index in [9.17, 15) is 4.79 Å². The van der Waals surface area contributed by atoms with Gasteiger partial charge in [0, 0.05) is 24.3 Å². The normalized spacial score (nSPS) is 11.2. The molecule has 4 nitrogen and oxygen atoms in total. The van der Waals surface area contributed by atoms with Crippen LogP contribution in [-0.4, -0.2) is 29.3 Å². The van der Waals surface area contributed by atoms with Gasteiger partial charge in [0.15, 0.2) is 0 Å². The summed E-state index contributed by atoms with van der Waals surface area (Å²) in [4.78, 5) is 10.9. The summed E-state index contributed by atoms with van der Waals surface area (Å²) in [6, 6.07) is 6.74. The van der Waals surface area contributed by atoms with Crippen LogP contribution in [0.5, 0.6) is 0 Å². The van der Waals surface area contributed by atoms with Gasteiger partial charge in [-0.3, -0.25) is 0 Å². The number of carboxylic acid groups (broad SMARTS) is 1. The Balaban J connectivity index is 2.78. The Kier molecular flexibility index (Phi) is 3.90. The van der Waals surface area contributed by atoms with Crippen LogP contribution in [0.1, 0.15) is 24.2 Å². The van der Waals surface area contributed by atoms with E-state index in [0.717, 1.165) is 0 Å². The fourth-order valence-corrected chi connectivity index (χ4v) is 1.21. The second-order valence-electron chi connectivity index (χ2n) is 4.53. The molecule has 3 N–H and O–H groups in total. The summed E-state index contributed by atoms with van der Waals surface area (Å²) in [5.41, 5.74) is 0.554. The maximum absolute atomic E-state index is 10.9. The summed E-state index contributed by atoms with van der Waals surface area (Å²) in [5, 5.41) is 21.1. The van der Waals surface area contributed by atoms with Crippen molar-refractivity contribution in [3.63, 3.8) is 0 Å². The maximum atomic E-state index is 10.9. The van der Waals surface area contributed by atoms with Crippen LogP contribution in [0.25, 0.3) is 0 Å². The number of aliphatic hydroxyl groups is 1. The van der Waals surface area contributed by atoms with E-state index in [4.69, 9.17) is 10.2 Å². The molecule has 1 aromatic rings. The Bertz CT molecular complexity index is 374. The molecule has 0 amide bonds. The fraction of sp³-hybridized carbons (Fsp3) is 0.417.